The lowest BCUT2D eigenvalue weighted by atomic mass is 10.1. The molecule has 0 radical (unpaired) electrons. The number of carboxylic acid groups (broad SMARTS) is 1. The van der Waals surface area contributed by atoms with Gasteiger partial charge in [0.1, 0.15) is 5.82 Å². The number of hydrogen-bond acceptors (Lipinski definition) is 3. The maximum Gasteiger partial charge on any atom is 0.335 e. The van der Waals surface area contributed by atoms with Crippen molar-refractivity contribution in [1.29, 1.82) is 0 Å². The fourth-order valence-electron chi connectivity index (χ4n) is 2.31. The highest BCUT2D eigenvalue weighted by molar-refractivity contribution is 5.89. The van der Waals surface area contributed by atoms with Gasteiger partial charge >= 0.3 is 5.97 Å². The van der Waals surface area contributed by atoms with Crippen molar-refractivity contribution in [3.05, 3.63) is 35.7 Å². The largest absolute Gasteiger partial charge is 0.478 e. The molecule has 2 aromatic rings. The zero-order chi connectivity index (χ0) is 12.5. The van der Waals surface area contributed by atoms with Crippen molar-refractivity contribution in [2.45, 2.75) is 25.8 Å². The Bertz CT molecular complexity index is 604. The number of rotatable bonds is 2. The van der Waals surface area contributed by atoms with E-state index >= 15 is 0 Å². The standard InChI is InChI=1S/C13H13N3O2/c17-13(18)10-5-3-4-9(8-10)12-15-14-11-6-1-2-7-16(11)12/h3-5,8H,1-2,6-7H2,(H,17,18). The smallest absolute Gasteiger partial charge is 0.335 e. The van der Waals surface area contributed by atoms with Crippen molar-refractivity contribution < 1.29 is 9.90 Å². The maximum atomic E-state index is 11.0. The number of hydrogen-bond donors (Lipinski definition) is 1. The van der Waals surface area contributed by atoms with Crippen molar-refractivity contribution >= 4 is 5.97 Å². The Morgan fingerprint density at radius 2 is 2.17 bits per heavy atom. The SMILES string of the molecule is O=C(O)c1cccc(-c2nnc3n2CCCC3)c1. The molecule has 0 amide bonds. The third-order valence-electron chi connectivity index (χ3n) is 3.23. The summed E-state index contributed by atoms with van der Waals surface area (Å²) in [5.74, 6) is 0.847. The van der Waals surface area contributed by atoms with Crippen LogP contribution in [0.4, 0.5) is 0 Å². The Balaban J connectivity index is 2.07. The van der Waals surface area contributed by atoms with Crippen LogP contribution in [0.15, 0.2) is 24.3 Å². The number of aromatic carboxylic acids is 1. The Hall–Kier alpha value is -2.17. The van der Waals surface area contributed by atoms with Gasteiger partial charge in [-0.3, -0.25) is 0 Å². The van der Waals surface area contributed by atoms with Crippen LogP contribution in [0.2, 0.25) is 0 Å². The summed E-state index contributed by atoms with van der Waals surface area (Å²) in [6.07, 6.45) is 3.22. The minimum absolute atomic E-state index is 0.278. The van der Waals surface area contributed by atoms with E-state index in [9.17, 15) is 4.79 Å². The van der Waals surface area contributed by atoms with E-state index in [1.165, 1.54) is 0 Å². The van der Waals surface area contributed by atoms with Gasteiger partial charge in [-0.25, -0.2) is 4.79 Å². The topological polar surface area (TPSA) is 68.0 Å². The monoisotopic (exact) mass is 243 g/mol. The molecule has 0 fully saturated rings. The number of aryl methyl sites for hydroxylation is 1. The van der Waals surface area contributed by atoms with Crippen molar-refractivity contribution in [3.63, 3.8) is 0 Å². The lowest BCUT2D eigenvalue weighted by Crippen LogP contribution is -2.11. The van der Waals surface area contributed by atoms with Gasteiger partial charge in [-0.1, -0.05) is 12.1 Å². The average Bonchev–Trinajstić information content (AvgIpc) is 2.82. The molecule has 1 aromatic carbocycles. The molecule has 0 saturated carbocycles. The fraction of sp³-hybridized carbons (Fsp3) is 0.308. The quantitative estimate of drug-likeness (QED) is 0.875. The highest BCUT2D eigenvalue weighted by Crippen LogP contribution is 2.23. The summed E-state index contributed by atoms with van der Waals surface area (Å²) in [4.78, 5) is 11.0. The molecule has 0 saturated heterocycles. The molecular formula is C13H13N3O2. The molecule has 92 valence electrons. The summed E-state index contributed by atoms with van der Waals surface area (Å²) in [7, 11) is 0. The van der Waals surface area contributed by atoms with E-state index in [2.05, 4.69) is 14.8 Å². The average molecular weight is 243 g/mol. The van der Waals surface area contributed by atoms with Crippen LogP contribution in [0.3, 0.4) is 0 Å². The van der Waals surface area contributed by atoms with Crippen molar-refractivity contribution in [2.24, 2.45) is 0 Å². The van der Waals surface area contributed by atoms with Gasteiger partial charge in [0.05, 0.1) is 5.56 Å². The Morgan fingerprint density at radius 1 is 1.28 bits per heavy atom. The van der Waals surface area contributed by atoms with Crippen LogP contribution < -0.4 is 0 Å². The van der Waals surface area contributed by atoms with Crippen LogP contribution in [-0.2, 0) is 13.0 Å². The first-order chi connectivity index (χ1) is 8.75. The first-order valence-electron chi connectivity index (χ1n) is 6.01. The van der Waals surface area contributed by atoms with Gasteiger partial charge < -0.3 is 9.67 Å². The lowest BCUT2D eigenvalue weighted by Gasteiger charge is -2.14. The summed E-state index contributed by atoms with van der Waals surface area (Å²) >= 11 is 0. The number of nitrogens with zero attached hydrogens (tertiary/aromatic N) is 3. The molecule has 1 aliphatic heterocycles. The highest BCUT2D eigenvalue weighted by Gasteiger charge is 2.17. The number of benzene rings is 1. The van der Waals surface area contributed by atoms with E-state index in [1.54, 1.807) is 18.2 Å². The van der Waals surface area contributed by atoms with Crippen molar-refractivity contribution in [1.82, 2.24) is 14.8 Å². The summed E-state index contributed by atoms with van der Waals surface area (Å²) in [5, 5.41) is 17.4. The van der Waals surface area contributed by atoms with Gasteiger partial charge in [0.2, 0.25) is 0 Å². The third-order valence-corrected chi connectivity index (χ3v) is 3.23. The van der Waals surface area contributed by atoms with E-state index in [0.717, 1.165) is 43.0 Å². The molecule has 0 aliphatic carbocycles. The van der Waals surface area contributed by atoms with Gasteiger partial charge in [0.15, 0.2) is 5.82 Å². The van der Waals surface area contributed by atoms with Crippen molar-refractivity contribution in [2.75, 3.05) is 0 Å². The van der Waals surface area contributed by atoms with E-state index in [1.807, 2.05) is 6.07 Å². The molecule has 18 heavy (non-hydrogen) atoms. The molecule has 3 rings (SSSR count). The molecule has 5 nitrogen and oxygen atoms in total. The molecule has 2 heterocycles. The minimum atomic E-state index is -0.921. The van der Waals surface area contributed by atoms with Gasteiger partial charge in [-0.15, -0.1) is 10.2 Å². The van der Waals surface area contributed by atoms with E-state index in [-0.39, 0.29) is 5.56 Å². The summed E-state index contributed by atoms with van der Waals surface area (Å²) in [5.41, 5.74) is 1.09. The number of carbonyl (C=O) groups is 1. The van der Waals surface area contributed by atoms with Gasteiger partial charge in [0.25, 0.3) is 0 Å². The first kappa shape index (κ1) is 11.0. The molecule has 5 heteroatoms. The molecule has 1 N–H and O–H groups in total. The molecule has 0 bridgehead atoms. The van der Waals surface area contributed by atoms with E-state index in [4.69, 9.17) is 5.11 Å². The summed E-state index contributed by atoms with van der Waals surface area (Å²) in [6.45, 7) is 0.912. The van der Waals surface area contributed by atoms with E-state index in [0.29, 0.717) is 0 Å². The highest BCUT2D eigenvalue weighted by atomic mass is 16.4. The van der Waals surface area contributed by atoms with Crippen LogP contribution in [0, 0.1) is 0 Å². The number of carboxylic acids is 1. The lowest BCUT2D eigenvalue weighted by molar-refractivity contribution is 0.0697. The minimum Gasteiger partial charge on any atom is -0.478 e. The fourth-order valence-corrected chi connectivity index (χ4v) is 2.31. The Labute approximate surface area is 104 Å². The second-order valence-corrected chi connectivity index (χ2v) is 4.43. The van der Waals surface area contributed by atoms with Crippen LogP contribution in [0.5, 0.6) is 0 Å². The summed E-state index contributed by atoms with van der Waals surface area (Å²) in [6, 6.07) is 6.84. The zero-order valence-electron chi connectivity index (χ0n) is 9.83. The third kappa shape index (κ3) is 1.77. The maximum absolute atomic E-state index is 11.0. The normalized spacial score (nSPS) is 14.2. The molecule has 0 spiro atoms. The second-order valence-electron chi connectivity index (χ2n) is 4.43. The Kier molecular flexibility index (Phi) is 2.59. The van der Waals surface area contributed by atoms with Crippen LogP contribution in [-0.4, -0.2) is 25.8 Å². The molecule has 1 aromatic heterocycles. The molecule has 0 unspecified atom stereocenters. The van der Waals surface area contributed by atoms with Crippen molar-refractivity contribution in [3.8, 4) is 11.4 Å². The number of fused-ring (bicyclic) bond motifs is 1. The molecule has 1 aliphatic rings. The number of aromatic nitrogens is 3. The predicted octanol–water partition coefficient (Wildman–Crippen LogP) is 1.98. The van der Waals surface area contributed by atoms with Gasteiger partial charge in [0, 0.05) is 18.5 Å². The van der Waals surface area contributed by atoms with Crippen LogP contribution in [0.1, 0.15) is 29.0 Å². The van der Waals surface area contributed by atoms with Gasteiger partial charge in [-0.05, 0) is 25.0 Å². The molecule has 0 atom stereocenters. The van der Waals surface area contributed by atoms with Gasteiger partial charge in [-0.2, -0.15) is 0 Å². The van der Waals surface area contributed by atoms with Crippen LogP contribution >= 0.6 is 0 Å². The van der Waals surface area contributed by atoms with E-state index < -0.39 is 5.97 Å². The predicted molar refractivity (Wildman–Crippen MR) is 65.4 cm³/mol. The molecular weight excluding hydrogens is 230 g/mol. The zero-order valence-corrected chi connectivity index (χ0v) is 9.83. The summed E-state index contributed by atoms with van der Waals surface area (Å²) < 4.78 is 2.09. The first-order valence-corrected chi connectivity index (χ1v) is 6.01. The van der Waals surface area contributed by atoms with Crippen LogP contribution in [0.25, 0.3) is 11.4 Å². The Morgan fingerprint density at radius 3 is 3.00 bits per heavy atom. The second kappa shape index (κ2) is 4.25.